The van der Waals surface area contributed by atoms with Crippen molar-refractivity contribution in [1.29, 1.82) is 0 Å². The minimum absolute atomic E-state index is 0.141. The van der Waals surface area contributed by atoms with Crippen LogP contribution in [0, 0.1) is 3.57 Å². The van der Waals surface area contributed by atoms with E-state index in [0.717, 1.165) is 13.6 Å². The zero-order chi connectivity index (χ0) is 13.4. The van der Waals surface area contributed by atoms with E-state index in [0.29, 0.717) is 12.0 Å². The molecular formula is C12H9BrINO3. The number of carbonyl (C=O) groups is 1. The molecule has 1 N–H and O–H groups in total. The summed E-state index contributed by atoms with van der Waals surface area (Å²) in [6.45, 7) is 1.85. The molecule has 0 saturated carbocycles. The second-order valence-electron chi connectivity index (χ2n) is 3.73. The number of carboxylic acids is 1. The normalized spacial score (nSPS) is 10.8. The number of hydrogen-bond acceptors (Lipinski definition) is 2. The lowest BCUT2D eigenvalue weighted by Gasteiger charge is -2.11. The first kappa shape index (κ1) is 13.5. The molecule has 0 bridgehead atoms. The van der Waals surface area contributed by atoms with Crippen molar-refractivity contribution >= 4 is 50.0 Å². The average molecular weight is 422 g/mol. The van der Waals surface area contributed by atoms with Crippen LogP contribution in [-0.2, 0) is 6.42 Å². The Morgan fingerprint density at radius 2 is 2.17 bits per heavy atom. The number of hydrogen-bond donors (Lipinski definition) is 1. The predicted molar refractivity (Wildman–Crippen MR) is 80.4 cm³/mol. The van der Waals surface area contributed by atoms with Gasteiger partial charge in [-0.3, -0.25) is 9.20 Å². The van der Waals surface area contributed by atoms with Gasteiger partial charge in [-0.2, -0.15) is 0 Å². The van der Waals surface area contributed by atoms with Gasteiger partial charge < -0.3 is 5.11 Å². The molecule has 2 rings (SSSR count). The molecule has 18 heavy (non-hydrogen) atoms. The SMILES string of the molecule is CCc1c(C(=O)O)c(=O)n2cc(Br)ccc2c1I. The van der Waals surface area contributed by atoms with E-state index in [1.54, 1.807) is 12.3 Å². The zero-order valence-corrected chi connectivity index (χ0v) is 13.1. The summed E-state index contributed by atoms with van der Waals surface area (Å²) in [4.78, 5) is 23.5. The van der Waals surface area contributed by atoms with Gasteiger partial charge in [0.1, 0.15) is 5.56 Å². The molecule has 0 aliphatic rings. The number of carboxylic acid groups (broad SMARTS) is 1. The van der Waals surface area contributed by atoms with Gasteiger partial charge in [0.25, 0.3) is 5.56 Å². The van der Waals surface area contributed by atoms with Gasteiger partial charge in [-0.15, -0.1) is 0 Å². The molecule has 2 heterocycles. The van der Waals surface area contributed by atoms with Crippen molar-refractivity contribution in [2.24, 2.45) is 0 Å². The fourth-order valence-corrected chi connectivity index (χ4v) is 3.32. The highest BCUT2D eigenvalue weighted by Gasteiger charge is 2.20. The highest BCUT2D eigenvalue weighted by molar-refractivity contribution is 14.1. The molecule has 94 valence electrons. The second kappa shape index (κ2) is 5.00. The summed E-state index contributed by atoms with van der Waals surface area (Å²) in [6, 6.07) is 3.63. The van der Waals surface area contributed by atoms with Crippen LogP contribution in [0.15, 0.2) is 27.6 Å². The Balaban J connectivity index is 3.05. The van der Waals surface area contributed by atoms with E-state index in [1.165, 1.54) is 4.40 Å². The van der Waals surface area contributed by atoms with Gasteiger partial charge in [0, 0.05) is 14.2 Å². The topological polar surface area (TPSA) is 58.8 Å². The third kappa shape index (κ3) is 2.07. The number of pyridine rings is 2. The van der Waals surface area contributed by atoms with E-state index >= 15 is 0 Å². The van der Waals surface area contributed by atoms with Crippen LogP contribution in [0.1, 0.15) is 22.8 Å². The van der Waals surface area contributed by atoms with Gasteiger partial charge in [0.2, 0.25) is 0 Å². The molecular weight excluding hydrogens is 413 g/mol. The van der Waals surface area contributed by atoms with Gasteiger partial charge >= 0.3 is 5.97 Å². The van der Waals surface area contributed by atoms with Crippen LogP contribution in [-0.4, -0.2) is 15.5 Å². The van der Waals surface area contributed by atoms with Gasteiger partial charge in [-0.25, -0.2) is 4.79 Å². The summed E-state index contributed by atoms with van der Waals surface area (Å²) in [5.41, 5.74) is 0.689. The number of nitrogens with zero attached hydrogens (tertiary/aromatic N) is 1. The van der Waals surface area contributed by atoms with E-state index in [9.17, 15) is 14.7 Å². The van der Waals surface area contributed by atoms with Gasteiger partial charge in [-0.1, -0.05) is 6.92 Å². The van der Waals surface area contributed by atoms with Crippen LogP contribution in [0.25, 0.3) is 5.52 Å². The first-order chi connectivity index (χ1) is 8.47. The molecule has 0 aromatic carbocycles. The summed E-state index contributed by atoms with van der Waals surface area (Å²) in [5.74, 6) is -1.18. The Kier molecular flexibility index (Phi) is 3.76. The molecule has 4 nitrogen and oxygen atoms in total. The number of halogens is 2. The first-order valence-electron chi connectivity index (χ1n) is 5.23. The molecule has 2 aromatic heterocycles. The molecule has 0 radical (unpaired) electrons. The molecule has 0 aliphatic heterocycles. The third-order valence-corrected chi connectivity index (χ3v) is 4.38. The Bertz CT molecular complexity index is 709. The maximum Gasteiger partial charge on any atom is 0.341 e. The van der Waals surface area contributed by atoms with Crippen LogP contribution >= 0.6 is 38.5 Å². The van der Waals surface area contributed by atoms with E-state index in [-0.39, 0.29) is 5.56 Å². The molecule has 0 unspecified atom stereocenters. The quantitative estimate of drug-likeness (QED) is 0.758. The maximum absolute atomic E-state index is 12.2. The van der Waals surface area contributed by atoms with Gasteiger partial charge in [0.05, 0.1) is 5.52 Å². The van der Waals surface area contributed by atoms with Crippen molar-refractivity contribution < 1.29 is 9.90 Å². The molecule has 2 aromatic rings. The van der Waals surface area contributed by atoms with Crippen LogP contribution < -0.4 is 5.56 Å². The van der Waals surface area contributed by atoms with Gasteiger partial charge in [0.15, 0.2) is 0 Å². The first-order valence-corrected chi connectivity index (χ1v) is 7.10. The lowest BCUT2D eigenvalue weighted by atomic mass is 10.1. The third-order valence-electron chi connectivity index (χ3n) is 2.70. The number of aromatic nitrogens is 1. The maximum atomic E-state index is 12.2. The molecule has 0 spiro atoms. The molecule has 0 fully saturated rings. The summed E-state index contributed by atoms with van der Waals surface area (Å²) >= 11 is 5.37. The lowest BCUT2D eigenvalue weighted by molar-refractivity contribution is 0.0693. The fraction of sp³-hybridized carbons (Fsp3) is 0.167. The lowest BCUT2D eigenvalue weighted by Crippen LogP contribution is -2.25. The van der Waals surface area contributed by atoms with Crippen molar-refractivity contribution in [2.75, 3.05) is 0 Å². The van der Waals surface area contributed by atoms with Crippen LogP contribution in [0.5, 0.6) is 0 Å². The Labute approximate surface area is 125 Å². The summed E-state index contributed by atoms with van der Waals surface area (Å²) in [5, 5.41) is 9.20. The second-order valence-corrected chi connectivity index (χ2v) is 5.73. The summed E-state index contributed by atoms with van der Waals surface area (Å²) in [6.07, 6.45) is 2.10. The monoisotopic (exact) mass is 421 g/mol. The smallest absolute Gasteiger partial charge is 0.341 e. The van der Waals surface area contributed by atoms with Crippen LogP contribution in [0.2, 0.25) is 0 Å². The summed E-state index contributed by atoms with van der Waals surface area (Å²) in [7, 11) is 0. The van der Waals surface area contributed by atoms with Crippen molar-refractivity contribution in [3.8, 4) is 0 Å². The Morgan fingerprint density at radius 3 is 2.72 bits per heavy atom. The zero-order valence-electron chi connectivity index (χ0n) is 9.41. The molecule has 0 saturated heterocycles. The highest BCUT2D eigenvalue weighted by Crippen LogP contribution is 2.22. The van der Waals surface area contributed by atoms with E-state index in [4.69, 9.17) is 0 Å². The number of aromatic carboxylic acids is 1. The van der Waals surface area contributed by atoms with Crippen LogP contribution in [0.4, 0.5) is 0 Å². The van der Waals surface area contributed by atoms with E-state index in [2.05, 4.69) is 38.5 Å². The van der Waals surface area contributed by atoms with Crippen molar-refractivity contribution in [2.45, 2.75) is 13.3 Å². The molecule has 0 atom stereocenters. The fourth-order valence-electron chi connectivity index (χ4n) is 1.89. The number of fused-ring (bicyclic) bond motifs is 1. The minimum atomic E-state index is -1.18. The molecule has 0 aliphatic carbocycles. The average Bonchev–Trinajstić information content (AvgIpc) is 2.32. The van der Waals surface area contributed by atoms with Crippen molar-refractivity contribution in [3.05, 3.63) is 47.9 Å². The Hall–Kier alpha value is -0.890. The summed E-state index contributed by atoms with van der Waals surface area (Å²) < 4.78 is 2.90. The van der Waals surface area contributed by atoms with Gasteiger partial charge in [-0.05, 0) is 62.6 Å². The minimum Gasteiger partial charge on any atom is -0.477 e. The van der Waals surface area contributed by atoms with Crippen molar-refractivity contribution in [3.63, 3.8) is 0 Å². The highest BCUT2D eigenvalue weighted by atomic mass is 127. The molecule has 0 amide bonds. The van der Waals surface area contributed by atoms with E-state index in [1.807, 2.05) is 13.0 Å². The standard InChI is InChI=1S/C12H9BrINO3/c1-2-7-9(12(17)18)11(16)15-5-6(13)3-4-8(15)10(7)14/h3-5H,2H2,1H3,(H,17,18). The predicted octanol–water partition coefficient (Wildman–Crippen LogP) is 2.93. The van der Waals surface area contributed by atoms with E-state index < -0.39 is 11.5 Å². The van der Waals surface area contributed by atoms with Crippen LogP contribution in [0.3, 0.4) is 0 Å². The molecule has 6 heteroatoms. The Morgan fingerprint density at radius 1 is 1.50 bits per heavy atom. The number of rotatable bonds is 2. The van der Waals surface area contributed by atoms with Crippen molar-refractivity contribution in [1.82, 2.24) is 4.40 Å². The largest absolute Gasteiger partial charge is 0.477 e.